The average Bonchev–Trinajstić information content (AvgIpc) is 3.03. The van der Waals surface area contributed by atoms with Crippen molar-refractivity contribution in [3.63, 3.8) is 0 Å². The van der Waals surface area contributed by atoms with Crippen molar-refractivity contribution in [2.24, 2.45) is 0 Å². The number of piperidine rings is 1. The van der Waals surface area contributed by atoms with Gasteiger partial charge in [0.1, 0.15) is 5.75 Å². The van der Waals surface area contributed by atoms with Gasteiger partial charge in [-0.2, -0.15) is 0 Å². The summed E-state index contributed by atoms with van der Waals surface area (Å²) in [7, 11) is 2.44. The van der Waals surface area contributed by atoms with Crippen molar-refractivity contribution in [2.75, 3.05) is 46.6 Å². The van der Waals surface area contributed by atoms with Crippen LogP contribution in [0.3, 0.4) is 0 Å². The Morgan fingerprint density at radius 2 is 1.75 bits per heavy atom. The molecule has 1 unspecified atom stereocenters. The third-order valence-electron chi connectivity index (χ3n) is 8.68. The molecule has 44 heavy (non-hydrogen) atoms. The van der Waals surface area contributed by atoms with Crippen LogP contribution in [-0.4, -0.2) is 66.5 Å². The molecule has 0 N–H and O–H groups in total. The molecule has 232 valence electrons. The molecule has 0 spiro atoms. The Morgan fingerprint density at radius 1 is 1.05 bits per heavy atom. The van der Waals surface area contributed by atoms with E-state index in [0.717, 1.165) is 64.6 Å². The SMILES string of the molecule is COc1c(Br)cc2ccccc2c1C(=O)N(C)CC(CCN1CCC(c2ccccc2[S@](C)=O)CC1)c1ccc(Cl)c(Cl)c1. The number of ether oxygens (including phenoxy) is 1. The highest BCUT2D eigenvalue weighted by atomic mass is 79.9. The highest BCUT2D eigenvalue weighted by molar-refractivity contribution is 9.10. The predicted octanol–water partition coefficient (Wildman–Crippen LogP) is 8.78. The summed E-state index contributed by atoms with van der Waals surface area (Å²) in [4.78, 5) is 19.3. The van der Waals surface area contributed by atoms with Crippen LogP contribution < -0.4 is 4.74 Å². The van der Waals surface area contributed by atoms with Crippen molar-refractivity contribution in [2.45, 2.75) is 36.0 Å². The van der Waals surface area contributed by atoms with Crippen LogP contribution in [0.2, 0.25) is 10.0 Å². The number of nitrogens with zero attached hydrogens (tertiary/aromatic N) is 2. The number of halogens is 3. The Hall–Kier alpha value is -2.42. The maximum Gasteiger partial charge on any atom is 0.258 e. The zero-order chi connectivity index (χ0) is 31.4. The second-order valence-corrected chi connectivity index (χ2v) is 14.5. The Morgan fingerprint density at radius 3 is 2.45 bits per heavy atom. The number of benzene rings is 4. The van der Waals surface area contributed by atoms with E-state index in [-0.39, 0.29) is 11.8 Å². The molecule has 1 saturated heterocycles. The minimum atomic E-state index is -0.997. The molecule has 0 aliphatic carbocycles. The van der Waals surface area contributed by atoms with Crippen LogP contribution in [0.5, 0.6) is 5.75 Å². The second-order valence-electron chi connectivity index (χ2n) is 11.4. The summed E-state index contributed by atoms with van der Waals surface area (Å²) in [5.41, 5.74) is 2.82. The normalized spacial score (nSPS) is 15.7. The molecule has 9 heteroatoms. The van der Waals surface area contributed by atoms with Crippen molar-refractivity contribution in [1.82, 2.24) is 9.80 Å². The van der Waals surface area contributed by atoms with Gasteiger partial charge in [0.15, 0.2) is 0 Å². The first-order valence-electron chi connectivity index (χ1n) is 14.8. The van der Waals surface area contributed by atoms with Crippen LogP contribution in [0.4, 0.5) is 0 Å². The van der Waals surface area contributed by atoms with Gasteiger partial charge in [0.2, 0.25) is 0 Å². The third-order valence-corrected chi connectivity index (χ3v) is 11.0. The number of likely N-dealkylation sites (tertiary alicyclic amines) is 1. The Kier molecular flexibility index (Phi) is 11.1. The van der Waals surface area contributed by atoms with E-state index >= 15 is 0 Å². The fraction of sp³-hybridized carbons (Fsp3) is 0.343. The number of methoxy groups -OCH3 is 1. The molecule has 4 aromatic carbocycles. The molecular formula is C35H37BrCl2N2O3S. The summed E-state index contributed by atoms with van der Waals surface area (Å²) in [5, 5.41) is 2.84. The number of hydrogen-bond acceptors (Lipinski definition) is 4. The number of carbonyl (C=O) groups excluding carboxylic acids is 1. The fourth-order valence-electron chi connectivity index (χ4n) is 6.33. The lowest BCUT2D eigenvalue weighted by molar-refractivity contribution is 0.0780. The van der Waals surface area contributed by atoms with Crippen molar-refractivity contribution >= 4 is 66.6 Å². The molecule has 0 radical (unpaired) electrons. The standard InChI is InChI=1S/C35H37BrCl2N2O3S/c1-39(35(41)33-28-10-5-4-8-25(28)20-29(36)34(33)43-2)22-26(24-12-13-30(37)31(38)21-24)16-19-40-17-14-23(15-18-40)27-9-6-7-11-32(27)44(3)42/h4-13,20-21,23,26H,14-19,22H2,1-3H3/t26?,44-/m0/s1. The first kappa shape index (κ1) is 33.0. The van der Waals surface area contributed by atoms with Crippen LogP contribution in [0.15, 0.2) is 82.2 Å². The van der Waals surface area contributed by atoms with Crippen molar-refractivity contribution in [3.05, 3.63) is 104 Å². The molecular weight excluding hydrogens is 679 g/mol. The summed E-state index contributed by atoms with van der Waals surface area (Å²) in [5.74, 6) is 0.889. The van der Waals surface area contributed by atoms with E-state index in [1.54, 1.807) is 18.3 Å². The zero-order valence-corrected chi connectivity index (χ0v) is 29.1. The molecule has 5 nitrogen and oxygen atoms in total. The highest BCUT2D eigenvalue weighted by Crippen LogP contribution is 2.37. The molecule has 1 aliphatic heterocycles. The first-order valence-corrected chi connectivity index (χ1v) is 17.9. The van der Waals surface area contributed by atoms with E-state index in [0.29, 0.717) is 33.8 Å². The summed E-state index contributed by atoms with van der Waals surface area (Å²) >= 11 is 16.3. The molecule has 0 aromatic heterocycles. The highest BCUT2D eigenvalue weighted by Gasteiger charge is 2.27. The third kappa shape index (κ3) is 7.34. The van der Waals surface area contributed by atoms with Crippen LogP contribution in [-0.2, 0) is 10.8 Å². The largest absolute Gasteiger partial charge is 0.495 e. The van der Waals surface area contributed by atoms with E-state index in [2.05, 4.69) is 26.9 Å². The summed E-state index contributed by atoms with van der Waals surface area (Å²) in [6, 6.07) is 23.8. The summed E-state index contributed by atoms with van der Waals surface area (Å²) < 4.78 is 18.8. The Balaban J connectivity index is 1.33. The van der Waals surface area contributed by atoms with E-state index in [1.165, 1.54) is 5.56 Å². The van der Waals surface area contributed by atoms with Gasteiger partial charge in [-0.25, -0.2) is 0 Å². The minimum Gasteiger partial charge on any atom is -0.495 e. The molecule has 0 saturated carbocycles. The number of hydrogen-bond donors (Lipinski definition) is 0. The molecule has 4 aromatic rings. The van der Waals surface area contributed by atoms with Gasteiger partial charge in [0, 0.05) is 30.7 Å². The molecule has 1 aliphatic rings. The van der Waals surface area contributed by atoms with E-state index in [1.807, 2.05) is 73.8 Å². The monoisotopic (exact) mass is 714 g/mol. The van der Waals surface area contributed by atoms with Crippen LogP contribution in [0.25, 0.3) is 10.8 Å². The lowest BCUT2D eigenvalue weighted by atomic mass is 9.88. The Bertz CT molecular complexity index is 1680. The van der Waals surface area contributed by atoms with Crippen LogP contribution >= 0.6 is 39.1 Å². The average molecular weight is 717 g/mol. The van der Waals surface area contributed by atoms with Crippen molar-refractivity contribution in [1.29, 1.82) is 0 Å². The Labute approximate surface area is 281 Å². The van der Waals surface area contributed by atoms with Crippen molar-refractivity contribution < 1.29 is 13.7 Å². The molecule has 1 heterocycles. The minimum absolute atomic E-state index is 0.0455. The van der Waals surface area contributed by atoms with E-state index in [9.17, 15) is 9.00 Å². The quantitative estimate of drug-likeness (QED) is 0.165. The molecule has 0 bridgehead atoms. The number of fused-ring (bicyclic) bond motifs is 1. The smallest absolute Gasteiger partial charge is 0.258 e. The maximum atomic E-state index is 14.1. The summed E-state index contributed by atoms with van der Waals surface area (Å²) in [6.07, 6.45) is 4.67. The number of carbonyl (C=O) groups is 1. The molecule has 1 fully saturated rings. The van der Waals surface area contributed by atoms with Crippen LogP contribution in [0.1, 0.15) is 52.6 Å². The molecule has 5 rings (SSSR count). The molecule has 2 atom stereocenters. The fourth-order valence-corrected chi connectivity index (χ4v) is 8.08. The second kappa shape index (κ2) is 14.8. The van der Waals surface area contributed by atoms with Gasteiger partial charge in [-0.05, 0) is 107 Å². The van der Waals surface area contributed by atoms with E-state index in [4.69, 9.17) is 27.9 Å². The van der Waals surface area contributed by atoms with Gasteiger partial charge in [-0.1, -0.05) is 71.7 Å². The van der Waals surface area contributed by atoms with Gasteiger partial charge in [0.25, 0.3) is 5.91 Å². The number of amides is 1. The van der Waals surface area contributed by atoms with E-state index < -0.39 is 10.8 Å². The van der Waals surface area contributed by atoms with Gasteiger partial charge < -0.3 is 14.5 Å². The first-order chi connectivity index (χ1) is 21.2. The molecule has 1 amide bonds. The van der Waals surface area contributed by atoms with Gasteiger partial charge in [0.05, 0.1) is 38.0 Å². The lowest BCUT2D eigenvalue weighted by Crippen LogP contribution is -2.36. The lowest BCUT2D eigenvalue weighted by Gasteiger charge is -2.34. The topological polar surface area (TPSA) is 49.9 Å². The van der Waals surface area contributed by atoms with Crippen molar-refractivity contribution in [3.8, 4) is 5.75 Å². The zero-order valence-electron chi connectivity index (χ0n) is 25.2. The van der Waals surface area contributed by atoms with Gasteiger partial charge in [-0.15, -0.1) is 0 Å². The van der Waals surface area contributed by atoms with Crippen LogP contribution in [0, 0.1) is 0 Å². The predicted molar refractivity (Wildman–Crippen MR) is 186 cm³/mol. The van der Waals surface area contributed by atoms with Gasteiger partial charge in [-0.3, -0.25) is 9.00 Å². The maximum absolute atomic E-state index is 14.1. The number of rotatable bonds is 10. The number of likely N-dealkylation sites (N-methyl/N-ethyl adjacent to an activating group) is 1. The summed E-state index contributed by atoms with van der Waals surface area (Å²) in [6.45, 7) is 3.34. The van der Waals surface area contributed by atoms with Gasteiger partial charge >= 0.3 is 0 Å².